The van der Waals surface area contributed by atoms with Crippen molar-refractivity contribution >= 4 is 44.8 Å². The van der Waals surface area contributed by atoms with Crippen molar-refractivity contribution in [3.8, 4) is 0 Å². The van der Waals surface area contributed by atoms with Crippen LogP contribution in [-0.2, 0) is 14.8 Å². The highest BCUT2D eigenvalue weighted by molar-refractivity contribution is 7.92. The first-order valence-corrected chi connectivity index (χ1v) is 10.6. The molecule has 0 bridgehead atoms. The van der Waals surface area contributed by atoms with Crippen molar-refractivity contribution in [1.29, 1.82) is 0 Å². The number of anilines is 3. The Hall–Kier alpha value is -3.60. The smallest absolute Gasteiger partial charge is 0.271 e. The summed E-state index contributed by atoms with van der Waals surface area (Å²) in [6.45, 7) is 1.30. The lowest BCUT2D eigenvalue weighted by Gasteiger charge is -2.15. The van der Waals surface area contributed by atoms with Gasteiger partial charge in [-0.15, -0.1) is 0 Å². The van der Waals surface area contributed by atoms with Gasteiger partial charge in [-0.3, -0.25) is 30.0 Å². The number of carbonyl (C=O) groups is 3. The lowest BCUT2D eigenvalue weighted by atomic mass is 10.1. The molecule has 0 aromatic heterocycles. The van der Waals surface area contributed by atoms with Gasteiger partial charge in [-0.1, -0.05) is 6.07 Å². The van der Waals surface area contributed by atoms with E-state index in [1.54, 1.807) is 18.2 Å². The van der Waals surface area contributed by atoms with Crippen molar-refractivity contribution < 1.29 is 22.8 Å². The predicted octanol–water partition coefficient (Wildman–Crippen LogP) is 1.16. The molecule has 0 saturated heterocycles. The van der Waals surface area contributed by atoms with Gasteiger partial charge in [0.05, 0.1) is 17.5 Å². The number of hydrazine groups is 1. The summed E-state index contributed by atoms with van der Waals surface area (Å²) in [6, 6.07) is 10.8. The maximum absolute atomic E-state index is 12.6. The Balaban J connectivity index is 2.22. The first-order valence-electron chi connectivity index (χ1n) is 8.74. The zero-order valence-corrected chi connectivity index (χ0v) is 17.8. The largest absolute Gasteiger partial charge is 0.378 e. The summed E-state index contributed by atoms with van der Waals surface area (Å²) in [5, 5.41) is 2.51. The molecule has 2 aromatic carbocycles. The van der Waals surface area contributed by atoms with Gasteiger partial charge in [-0.25, -0.2) is 8.42 Å². The predicted molar refractivity (Wildman–Crippen MR) is 115 cm³/mol. The van der Waals surface area contributed by atoms with E-state index in [1.165, 1.54) is 25.1 Å². The molecule has 0 aliphatic rings. The summed E-state index contributed by atoms with van der Waals surface area (Å²) in [7, 11) is -0.00458. The lowest BCUT2D eigenvalue weighted by Crippen LogP contribution is -2.42. The quantitative estimate of drug-likeness (QED) is 0.505. The van der Waals surface area contributed by atoms with Gasteiger partial charge in [0.25, 0.3) is 11.8 Å². The van der Waals surface area contributed by atoms with Gasteiger partial charge in [-0.05, 0) is 36.4 Å². The van der Waals surface area contributed by atoms with E-state index < -0.39 is 21.8 Å². The van der Waals surface area contributed by atoms with Gasteiger partial charge >= 0.3 is 0 Å². The normalized spacial score (nSPS) is 10.7. The third-order valence-electron chi connectivity index (χ3n) is 3.79. The third kappa shape index (κ3) is 6.48. The Morgan fingerprint density at radius 2 is 1.60 bits per heavy atom. The number of hydrogen-bond acceptors (Lipinski definition) is 6. The highest BCUT2D eigenvalue weighted by Gasteiger charge is 2.17. The summed E-state index contributed by atoms with van der Waals surface area (Å²) >= 11 is 0. The minimum atomic E-state index is -3.67. The molecular weight excluding hydrogens is 410 g/mol. The van der Waals surface area contributed by atoms with Crippen LogP contribution in [0.1, 0.15) is 27.6 Å². The maximum Gasteiger partial charge on any atom is 0.271 e. The number of sulfonamides is 1. The standard InChI is InChI=1S/C19H23N5O5S/c1-12(25)20-14-8-9-17(23-30(4,28)29)16(11-14)19(27)22-21-18(26)13-6-5-7-15(10-13)24(2)3/h5-11,23H,1-4H3,(H,20,25)(H,21,26)(H,22,27). The van der Waals surface area contributed by atoms with Gasteiger partial charge in [-0.2, -0.15) is 0 Å². The molecule has 0 aliphatic carbocycles. The Morgan fingerprint density at radius 3 is 2.20 bits per heavy atom. The fourth-order valence-electron chi connectivity index (χ4n) is 2.48. The molecule has 3 amide bonds. The van der Waals surface area contributed by atoms with Crippen molar-refractivity contribution in [2.45, 2.75) is 6.92 Å². The number of nitrogens with zero attached hydrogens (tertiary/aromatic N) is 1. The van der Waals surface area contributed by atoms with Gasteiger partial charge in [0.2, 0.25) is 15.9 Å². The van der Waals surface area contributed by atoms with Crippen molar-refractivity contribution in [2.75, 3.05) is 35.3 Å². The van der Waals surface area contributed by atoms with Crippen molar-refractivity contribution in [1.82, 2.24) is 10.9 Å². The summed E-state index contributed by atoms with van der Waals surface area (Å²) in [5.41, 5.74) is 5.86. The Bertz CT molecular complexity index is 1080. The second-order valence-corrected chi connectivity index (χ2v) is 8.42. The molecule has 160 valence electrons. The van der Waals surface area contributed by atoms with Gasteiger partial charge in [0.1, 0.15) is 0 Å². The molecule has 0 radical (unpaired) electrons. The molecule has 10 nitrogen and oxygen atoms in total. The van der Waals surface area contributed by atoms with Crippen LogP contribution < -0.4 is 25.8 Å². The first-order chi connectivity index (χ1) is 14.0. The molecule has 2 rings (SSSR count). The van der Waals surface area contributed by atoms with Gasteiger partial charge < -0.3 is 10.2 Å². The average molecular weight is 433 g/mol. The zero-order chi connectivity index (χ0) is 22.5. The molecule has 0 atom stereocenters. The van der Waals surface area contributed by atoms with E-state index in [-0.39, 0.29) is 22.8 Å². The molecule has 0 unspecified atom stereocenters. The van der Waals surface area contributed by atoms with Crippen LogP contribution in [0.4, 0.5) is 17.1 Å². The van der Waals surface area contributed by atoms with E-state index in [0.717, 1.165) is 11.9 Å². The highest BCUT2D eigenvalue weighted by Crippen LogP contribution is 2.22. The van der Waals surface area contributed by atoms with E-state index in [2.05, 4.69) is 20.9 Å². The second-order valence-electron chi connectivity index (χ2n) is 6.67. The molecule has 0 spiro atoms. The van der Waals surface area contributed by atoms with E-state index in [9.17, 15) is 22.8 Å². The van der Waals surface area contributed by atoms with E-state index in [4.69, 9.17) is 0 Å². The molecule has 0 saturated carbocycles. The number of nitrogens with one attached hydrogen (secondary N) is 4. The molecule has 0 aliphatic heterocycles. The minimum absolute atomic E-state index is 0.00652. The molecule has 11 heteroatoms. The Morgan fingerprint density at radius 1 is 0.933 bits per heavy atom. The number of benzene rings is 2. The molecule has 4 N–H and O–H groups in total. The van der Waals surface area contributed by atoms with Crippen LogP contribution in [0.2, 0.25) is 0 Å². The average Bonchev–Trinajstić information content (AvgIpc) is 2.65. The van der Waals surface area contributed by atoms with Crippen molar-refractivity contribution in [2.24, 2.45) is 0 Å². The SMILES string of the molecule is CC(=O)Nc1ccc(NS(C)(=O)=O)c(C(=O)NNC(=O)c2cccc(N(C)C)c2)c1. The number of rotatable bonds is 6. The van der Waals surface area contributed by atoms with Crippen LogP contribution >= 0.6 is 0 Å². The zero-order valence-electron chi connectivity index (χ0n) is 16.9. The molecule has 0 fully saturated rings. The van der Waals surface area contributed by atoms with E-state index in [1.807, 2.05) is 25.1 Å². The summed E-state index contributed by atoms with van der Waals surface area (Å²) in [6.07, 6.45) is 0.940. The van der Waals surface area contributed by atoms with Crippen LogP contribution in [0.15, 0.2) is 42.5 Å². The first kappa shape index (κ1) is 22.7. The van der Waals surface area contributed by atoms with Crippen LogP contribution in [0.3, 0.4) is 0 Å². The molecule has 0 heterocycles. The monoisotopic (exact) mass is 433 g/mol. The Labute approximate surface area is 174 Å². The number of carbonyl (C=O) groups excluding carboxylic acids is 3. The van der Waals surface area contributed by atoms with Crippen LogP contribution in [0, 0.1) is 0 Å². The van der Waals surface area contributed by atoms with Crippen LogP contribution in [0.5, 0.6) is 0 Å². The second kappa shape index (κ2) is 9.27. The van der Waals surface area contributed by atoms with Crippen molar-refractivity contribution in [3.05, 3.63) is 53.6 Å². The van der Waals surface area contributed by atoms with Gasteiger partial charge in [0, 0.05) is 38.0 Å². The fourth-order valence-corrected chi connectivity index (χ4v) is 3.06. The summed E-state index contributed by atoms with van der Waals surface area (Å²) in [4.78, 5) is 38.1. The summed E-state index contributed by atoms with van der Waals surface area (Å²) in [5.74, 6) is -1.69. The van der Waals surface area contributed by atoms with Crippen LogP contribution in [0.25, 0.3) is 0 Å². The number of hydrogen-bond donors (Lipinski definition) is 4. The minimum Gasteiger partial charge on any atom is -0.378 e. The summed E-state index contributed by atoms with van der Waals surface area (Å²) < 4.78 is 25.4. The topological polar surface area (TPSA) is 137 Å². The molecule has 30 heavy (non-hydrogen) atoms. The van der Waals surface area contributed by atoms with Gasteiger partial charge in [0.15, 0.2) is 0 Å². The molecule has 2 aromatic rings. The van der Waals surface area contributed by atoms with E-state index in [0.29, 0.717) is 5.56 Å². The van der Waals surface area contributed by atoms with Crippen molar-refractivity contribution in [3.63, 3.8) is 0 Å². The molecular formula is C19H23N5O5S. The third-order valence-corrected chi connectivity index (χ3v) is 4.38. The lowest BCUT2D eigenvalue weighted by molar-refractivity contribution is -0.114. The highest BCUT2D eigenvalue weighted by atomic mass is 32.2. The van der Waals surface area contributed by atoms with Crippen LogP contribution in [-0.4, -0.2) is 46.5 Å². The fraction of sp³-hybridized carbons (Fsp3) is 0.211. The number of amides is 3. The Kier molecular flexibility index (Phi) is 7.01. The maximum atomic E-state index is 12.6. The van der Waals surface area contributed by atoms with E-state index >= 15 is 0 Å².